The average Bonchev–Trinajstić information content (AvgIpc) is 2.92. The molecule has 6 heteroatoms. The van der Waals surface area contributed by atoms with Gasteiger partial charge in [0.15, 0.2) is 0 Å². The van der Waals surface area contributed by atoms with Gasteiger partial charge in [-0.3, -0.25) is 0 Å². The van der Waals surface area contributed by atoms with Crippen molar-refractivity contribution in [2.45, 2.75) is 20.3 Å². The van der Waals surface area contributed by atoms with E-state index in [2.05, 4.69) is 15.3 Å². The van der Waals surface area contributed by atoms with Crippen molar-refractivity contribution >= 4 is 0 Å². The number of fused-ring (bicyclic) bond motifs is 5. The Kier molecular flexibility index (Phi) is 2.13. The maximum atomic E-state index is 13.6. The van der Waals surface area contributed by atoms with E-state index in [-0.39, 0.29) is 5.82 Å². The molecule has 0 bridgehead atoms. The molecule has 1 aromatic carbocycles. The van der Waals surface area contributed by atoms with Crippen LogP contribution in [0.15, 0.2) is 24.5 Å². The van der Waals surface area contributed by atoms with E-state index < -0.39 is 0 Å². The van der Waals surface area contributed by atoms with E-state index in [0.717, 1.165) is 28.5 Å². The van der Waals surface area contributed by atoms with Gasteiger partial charge in [0.05, 0.1) is 40.5 Å². The molecule has 2 aromatic heterocycles. The van der Waals surface area contributed by atoms with Crippen molar-refractivity contribution in [1.82, 2.24) is 24.5 Å². The summed E-state index contributed by atoms with van der Waals surface area (Å²) in [6.07, 6.45) is 2.46. The van der Waals surface area contributed by atoms with Gasteiger partial charge < -0.3 is 4.57 Å². The molecular formula is C14H12FN5. The molecule has 3 aromatic rings. The third kappa shape index (κ3) is 1.39. The van der Waals surface area contributed by atoms with Crippen molar-refractivity contribution in [2.75, 3.05) is 0 Å². The molecule has 0 saturated heterocycles. The number of benzene rings is 1. The van der Waals surface area contributed by atoms with Gasteiger partial charge in [-0.05, 0) is 26.0 Å². The van der Waals surface area contributed by atoms with Gasteiger partial charge in [-0.25, -0.2) is 14.1 Å². The van der Waals surface area contributed by atoms with Crippen LogP contribution in [0.25, 0.3) is 11.4 Å². The third-order valence-corrected chi connectivity index (χ3v) is 3.79. The summed E-state index contributed by atoms with van der Waals surface area (Å²) in [5.74, 6) is -0.289. The fourth-order valence-corrected chi connectivity index (χ4v) is 2.69. The highest BCUT2D eigenvalue weighted by Crippen LogP contribution is 2.29. The largest absolute Gasteiger partial charge is 0.300 e. The lowest BCUT2D eigenvalue weighted by Crippen LogP contribution is -2.04. The summed E-state index contributed by atoms with van der Waals surface area (Å²) in [7, 11) is 0. The molecule has 0 amide bonds. The monoisotopic (exact) mass is 269 g/mol. The summed E-state index contributed by atoms with van der Waals surface area (Å²) in [6.45, 7) is 3.89. The summed E-state index contributed by atoms with van der Waals surface area (Å²) in [4.78, 5) is 4.37. The third-order valence-electron chi connectivity index (χ3n) is 3.79. The molecule has 0 aliphatic carbocycles. The second-order valence-electron chi connectivity index (χ2n) is 4.99. The zero-order chi connectivity index (χ0) is 13.9. The van der Waals surface area contributed by atoms with Crippen molar-refractivity contribution in [1.29, 1.82) is 0 Å². The van der Waals surface area contributed by atoms with E-state index in [9.17, 15) is 4.39 Å². The average molecular weight is 269 g/mol. The number of nitrogens with zero attached hydrogens (tertiary/aromatic N) is 5. The Hall–Kier alpha value is -2.50. The lowest BCUT2D eigenvalue weighted by atomic mass is 10.2. The minimum atomic E-state index is -0.289. The van der Waals surface area contributed by atoms with Crippen LogP contribution in [0.5, 0.6) is 0 Å². The van der Waals surface area contributed by atoms with Crippen molar-refractivity contribution in [3.8, 4) is 11.4 Å². The number of hydrogen-bond donors (Lipinski definition) is 0. The summed E-state index contributed by atoms with van der Waals surface area (Å²) < 4.78 is 17.3. The van der Waals surface area contributed by atoms with Gasteiger partial charge >= 0.3 is 0 Å². The first-order valence-electron chi connectivity index (χ1n) is 6.39. The van der Waals surface area contributed by atoms with Crippen LogP contribution in [0.3, 0.4) is 0 Å². The van der Waals surface area contributed by atoms with Crippen LogP contribution in [0.4, 0.5) is 4.39 Å². The van der Waals surface area contributed by atoms with Crippen LogP contribution >= 0.6 is 0 Å². The minimum Gasteiger partial charge on any atom is -0.300 e. The van der Waals surface area contributed by atoms with E-state index in [1.165, 1.54) is 12.1 Å². The van der Waals surface area contributed by atoms with Crippen LogP contribution < -0.4 is 0 Å². The van der Waals surface area contributed by atoms with Crippen molar-refractivity contribution in [2.24, 2.45) is 0 Å². The Morgan fingerprint density at radius 3 is 2.80 bits per heavy atom. The summed E-state index contributed by atoms with van der Waals surface area (Å²) in [5.41, 5.74) is 5.44. The first kappa shape index (κ1) is 11.3. The molecule has 5 nitrogen and oxygen atoms in total. The molecule has 1 aliphatic rings. The summed E-state index contributed by atoms with van der Waals surface area (Å²) in [6, 6.07) is 4.69. The fourth-order valence-electron chi connectivity index (χ4n) is 2.69. The molecule has 3 heterocycles. The fraction of sp³-hybridized carbons (Fsp3) is 0.214. The Bertz CT molecular complexity index is 830. The van der Waals surface area contributed by atoms with Gasteiger partial charge in [0, 0.05) is 12.5 Å². The van der Waals surface area contributed by atoms with Gasteiger partial charge in [0.25, 0.3) is 0 Å². The minimum absolute atomic E-state index is 0.289. The van der Waals surface area contributed by atoms with Gasteiger partial charge in [0.2, 0.25) is 0 Å². The zero-order valence-electron chi connectivity index (χ0n) is 11.1. The normalized spacial score (nSPS) is 12.6. The molecule has 0 N–H and O–H groups in total. The quantitative estimate of drug-likeness (QED) is 0.491. The Morgan fingerprint density at radius 2 is 1.95 bits per heavy atom. The van der Waals surface area contributed by atoms with Gasteiger partial charge in [-0.1, -0.05) is 5.21 Å². The van der Waals surface area contributed by atoms with Gasteiger partial charge in [0.1, 0.15) is 5.82 Å². The van der Waals surface area contributed by atoms with Crippen molar-refractivity contribution < 1.29 is 4.39 Å². The first-order chi connectivity index (χ1) is 9.65. The van der Waals surface area contributed by atoms with E-state index in [4.69, 9.17) is 0 Å². The second-order valence-corrected chi connectivity index (χ2v) is 4.99. The number of halogens is 1. The van der Waals surface area contributed by atoms with E-state index in [0.29, 0.717) is 12.1 Å². The maximum absolute atomic E-state index is 13.6. The highest BCUT2D eigenvalue weighted by molar-refractivity contribution is 5.56. The zero-order valence-corrected chi connectivity index (χ0v) is 11.1. The van der Waals surface area contributed by atoms with Crippen molar-refractivity contribution in [3.05, 3.63) is 53.1 Å². The predicted octanol–water partition coefficient (Wildman–Crippen LogP) is 2.11. The number of rotatable bonds is 0. The van der Waals surface area contributed by atoms with Gasteiger partial charge in [-0.15, -0.1) is 5.10 Å². The van der Waals surface area contributed by atoms with E-state index in [1.54, 1.807) is 17.1 Å². The van der Waals surface area contributed by atoms with Crippen LogP contribution in [0.1, 0.15) is 22.8 Å². The van der Waals surface area contributed by atoms with Crippen molar-refractivity contribution in [3.63, 3.8) is 0 Å². The van der Waals surface area contributed by atoms with Crippen LogP contribution in [0, 0.1) is 19.7 Å². The highest BCUT2D eigenvalue weighted by atomic mass is 19.1. The van der Waals surface area contributed by atoms with Crippen LogP contribution in [-0.4, -0.2) is 24.5 Å². The molecule has 0 atom stereocenters. The Balaban J connectivity index is 2.14. The maximum Gasteiger partial charge on any atom is 0.125 e. The summed E-state index contributed by atoms with van der Waals surface area (Å²) >= 11 is 0. The molecule has 100 valence electrons. The number of hydrogen-bond acceptors (Lipinski definition) is 3. The molecule has 4 rings (SSSR count). The second kappa shape index (κ2) is 3.75. The molecule has 20 heavy (non-hydrogen) atoms. The molecule has 0 spiro atoms. The molecule has 1 aliphatic heterocycles. The van der Waals surface area contributed by atoms with Crippen LogP contribution in [0.2, 0.25) is 0 Å². The topological polar surface area (TPSA) is 48.5 Å². The lowest BCUT2D eigenvalue weighted by Gasteiger charge is -2.09. The molecule has 0 fully saturated rings. The number of imidazole rings is 1. The van der Waals surface area contributed by atoms with E-state index >= 15 is 0 Å². The lowest BCUT2D eigenvalue weighted by molar-refractivity contribution is 0.624. The smallest absolute Gasteiger partial charge is 0.125 e. The molecule has 0 radical (unpaired) electrons. The Labute approximate surface area is 114 Å². The van der Waals surface area contributed by atoms with Crippen LogP contribution in [-0.2, 0) is 6.42 Å². The molecule has 0 saturated carbocycles. The molecule has 0 unspecified atom stereocenters. The predicted molar refractivity (Wildman–Crippen MR) is 70.7 cm³/mol. The number of aromatic nitrogens is 5. The first-order valence-corrected chi connectivity index (χ1v) is 6.39. The molecular weight excluding hydrogens is 257 g/mol. The summed E-state index contributed by atoms with van der Waals surface area (Å²) in [5, 5.41) is 8.27. The Morgan fingerprint density at radius 1 is 1.10 bits per heavy atom. The van der Waals surface area contributed by atoms with Gasteiger partial charge in [-0.2, -0.15) is 0 Å². The number of aryl methyl sites for hydroxylation is 2. The SMILES string of the molecule is Cc1ncn2c1Cc1c(C)nnn1-c1cc(F)ccc1-2. The highest BCUT2D eigenvalue weighted by Gasteiger charge is 2.23. The standard InChI is InChI=1S/C14H12FN5/c1-8-12-6-13-9(2)17-18-20(13)14-5-10(15)3-4-11(14)19(12)7-16-8/h3-5,7H,6H2,1-2H3. The van der Waals surface area contributed by atoms with E-state index in [1.807, 2.05) is 18.4 Å².